The lowest BCUT2D eigenvalue weighted by Gasteiger charge is -2.25. The molecule has 0 spiro atoms. The van der Waals surface area contributed by atoms with Gasteiger partial charge in [-0.1, -0.05) is 141 Å². The minimum Gasteiger partial charge on any atom is -0.313 e. The Kier molecular flexibility index (Phi) is 7.39. The van der Waals surface area contributed by atoms with Crippen molar-refractivity contribution in [1.82, 2.24) is 9.13 Å². The van der Waals surface area contributed by atoms with E-state index >= 15 is 0 Å². The average Bonchev–Trinajstić information content (AvgIpc) is 3.74. The highest BCUT2D eigenvalue weighted by atomic mass is 15.0. The zero-order valence-electron chi connectivity index (χ0n) is 29.9. The highest BCUT2D eigenvalue weighted by molar-refractivity contribution is 6.09. The summed E-state index contributed by atoms with van der Waals surface area (Å²) in [6, 6.07) is 45.0. The number of aromatic nitrogens is 2. The fourth-order valence-electron chi connectivity index (χ4n) is 9.34. The second kappa shape index (κ2) is 12.4. The van der Waals surface area contributed by atoms with Crippen LogP contribution < -0.4 is 0 Å². The Morgan fingerprint density at radius 3 is 1.94 bits per heavy atom. The molecule has 2 nitrogen and oxygen atoms in total. The standard InChI is InChI=1S/C50H42N2/c1-33-17-15-28-44-47-41(27-16-30-46(47)52(49(33)44)36-20-7-4-8-21-36)39-24-11-9-22-37(39)38-23-10-12-25-40(38)42-32-31-34(2)50-48(42)43-26-13-14-29-45(43)51(50)35-18-5-3-6-19-35/h3,5-7,9-16,18-30,32-34H,4,8,17,31H2,1-2H3. The SMILES string of the molecule is CC1CC=Cc2c1n(C1=CCCC=C1)c1cccc(-c3ccccc3-c3ccccc3C3=CCC(C)c4c3c3ccccc3n4-c3ccccc3)c21. The van der Waals surface area contributed by atoms with Crippen LogP contribution in [-0.4, -0.2) is 9.13 Å². The van der Waals surface area contributed by atoms with Gasteiger partial charge in [-0.2, -0.15) is 0 Å². The highest BCUT2D eigenvalue weighted by Crippen LogP contribution is 2.49. The molecule has 2 unspecified atom stereocenters. The molecular formula is C50H42N2. The van der Waals surface area contributed by atoms with Gasteiger partial charge in [-0.3, -0.25) is 0 Å². The molecule has 7 aromatic rings. The first-order chi connectivity index (χ1) is 25.7. The molecule has 252 valence electrons. The molecule has 0 fully saturated rings. The van der Waals surface area contributed by atoms with Gasteiger partial charge in [0.15, 0.2) is 0 Å². The third-order valence-corrected chi connectivity index (χ3v) is 11.6. The predicted molar refractivity (Wildman–Crippen MR) is 221 cm³/mol. The van der Waals surface area contributed by atoms with Gasteiger partial charge in [0.1, 0.15) is 0 Å². The smallest absolute Gasteiger partial charge is 0.0543 e. The molecule has 2 heterocycles. The second-order valence-corrected chi connectivity index (χ2v) is 14.8. The monoisotopic (exact) mass is 670 g/mol. The Bertz CT molecular complexity index is 2650. The molecule has 0 radical (unpaired) electrons. The molecule has 52 heavy (non-hydrogen) atoms. The quantitative estimate of drug-likeness (QED) is 0.172. The van der Waals surface area contributed by atoms with Crippen molar-refractivity contribution in [3.63, 3.8) is 0 Å². The molecule has 0 aliphatic heterocycles. The van der Waals surface area contributed by atoms with E-state index in [9.17, 15) is 0 Å². The van der Waals surface area contributed by atoms with Crippen LogP contribution in [0.25, 0.3) is 67.1 Å². The van der Waals surface area contributed by atoms with Crippen LogP contribution in [0, 0.1) is 0 Å². The number of allylic oxidation sites excluding steroid dienone is 6. The Labute approximate surface area is 306 Å². The van der Waals surface area contributed by atoms with Gasteiger partial charge in [-0.05, 0) is 89.4 Å². The summed E-state index contributed by atoms with van der Waals surface area (Å²) < 4.78 is 5.07. The van der Waals surface area contributed by atoms with Crippen LogP contribution in [0.5, 0.6) is 0 Å². The van der Waals surface area contributed by atoms with Crippen molar-refractivity contribution in [2.24, 2.45) is 0 Å². The third kappa shape index (κ3) is 4.70. The van der Waals surface area contributed by atoms with Crippen LogP contribution in [0.2, 0.25) is 0 Å². The second-order valence-electron chi connectivity index (χ2n) is 14.8. The van der Waals surface area contributed by atoms with E-state index in [-0.39, 0.29) is 0 Å². The van der Waals surface area contributed by atoms with Crippen LogP contribution in [0.4, 0.5) is 0 Å². The molecule has 5 aromatic carbocycles. The van der Waals surface area contributed by atoms with Gasteiger partial charge in [-0.15, -0.1) is 0 Å². The molecule has 10 rings (SSSR count). The van der Waals surface area contributed by atoms with E-state index < -0.39 is 0 Å². The third-order valence-electron chi connectivity index (χ3n) is 11.6. The molecule has 0 saturated heterocycles. The maximum absolute atomic E-state index is 2.56. The molecule has 0 saturated carbocycles. The van der Waals surface area contributed by atoms with Gasteiger partial charge in [0, 0.05) is 56.5 Å². The van der Waals surface area contributed by atoms with E-state index in [1.807, 2.05) is 0 Å². The lowest BCUT2D eigenvalue weighted by atomic mass is 9.81. The average molecular weight is 671 g/mol. The summed E-state index contributed by atoms with van der Waals surface area (Å²) in [5, 5.41) is 2.66. The van der Waals surface area contributed by atoms with Gasteiger partial charge in [-0.25, -0.2) is 0 Å². The molecule has 0 amide bonds. The summed E-state index contributed by atoms with van der Waals surface area (Å²) >= 11 is 0. The molecule has 0 N–H and O–H groups in total. The van der Waals surface area contributed by atoms with Crippen molar-refractivity contribution < 1.29 is 0 Å². The van der Waals surface area contributed by atoms with Gasteiger partial charge >= 0.3 is 0 Å². The van der Waals surface area contributed by atoms with Crippen molar-refractivity contribution in [3.05, 3.63) is 180 Å². The zero-order valence-corrected chi connectivity index (χ0v) is 29.9. The molecule has 2 heteroatoms. The molecule has 0 bridgehead atoms. The largest absolute Gasteiger partial charge is 0.313 e. The van der Waals surface area contributed by atoms with E-state index in [2.05, 4.69) is 181 Å². The maximum atomic E-state index is 2.56. The number of benzene rings is 5. The van der Waals surface area contributed by atoms with Crippen LogP contribution in [0.3, 0.4) is 0 Å². The summed E-state index contributed by atoms with van der Waals surface area (Å²) in [5.74, 6) is 0.837. The van der Waals surface area contributed by atoms with E-state index in [1.165, 1.54) is 89.1 Å². The minimum absolute atomic E-state index is 0.392. The topological polar surface area (TPSA) is 9.86 Å². The minimum atomic E-state index is 0.392. The van der Waals surface area contributed by atoms with Crippen molar-refractivity contribution in [2.75, 3.05) is 0 Å². The van der Waals surface area contributed by atoms with Crippen molar-refractivity contribution >= 4 is 39.2 Å². The Morgan fingerprint density at radius 1 is 0.500 bits per heavy atom. The van der Waals surface area contributed by atoms with E-state index in [0.29, 0.717) is 11.8 Å². The van der Waals surface area contributed by atoms with E-state index in [0.717, 1.165) is 25.7 Å². The fourth-order valence-corrected chi connectivity index (χ4v) is 9.34. The number of para-hydroxylation sites is 2. The highest BCUT2D eigenvalue weighted by Gasteiger charge is 2.30. The van der Waals surface area contributed by atoms with Crippen molar-refractivity contribution in [3.8, 4) is 27.9 Å². The number of nitrogens with zero attached hydrogens (tertiary/aromatic N) is 2. The van der Waals surface area contributed by atoms with Crippen LogP contribution in [-0.2, 0) is 0 Å². The molecule has 3 aliphatic rings. The van der Waals surface area contributed by atoms with Gasteiger partial charge < -0.3 is 9.13 Å². The Hall–Kier alpha value is -5.86. The summed E-state index contributed by atoms with van der Waals surface area (Å²) in [6.07, 6.45) is 18.6. The number of hydrogen-bond donors (Lipinski definition) is 0. The Morgan fingerprint density at radius 2 is 1.15 bits per heavy atom. The van der Waals surface area contributed by atoms with Crippen LogP contribution in [0.1, 0.15) is 79.4 Å². The van der Waals surface area contributed by atoms with Crippen LogP contribution in [0.15, 0.2) is 152 Å². The van der Waals surface area contributed by atoms with E-state index in [1.54, 1.807) is 0 Å². The molecule has 3 aliphatic carbocycles. The Balaban J connectivity index is 1.20. The van der Waals surface area contributed by atoms with Crippen molar-refractivity contribution in [1.29, 1.82) is 0 Å². The summed E-state index contributed by atoms with van der Waals surface area (Å²) in [7, 11) is 0. The fraction of sp³-hybridized carbons (Fsp3) is 0.160. The normalized spacial score (nSPS) is 18.0. The van der Waals surface area contributed by atoms with Gasteiger partial charge in [0.2, 0.25) is 0 Å². The first-order valence-electron chi connectivity index (χ1n) is 19.0. The number of rotatable bonds is 5. The zero-order chi connectivity index (χ0) is 34.8. The first-order valence-corrected chi connectivity index (χ1v) is 19.0. The molecular weight excluding hydrogens is 629 g/mol. The molecule has 2 atom stereocenters. The van der Waals surface area contributed by atoms with Gasteiger partial charge in [0.25, 0.3) is 0 Å². The lowest BCUT2D eigenvalue weighted by Crippen LogP contribution is -2.10. The predicted octanol–water partition coefficient (Wildman–Crippen LogP) is 13.6. The van der Waals surface area contributed by atoms with E-state index in [4.69, 9.17) is 0 Å². The first kappa shape index (κ1) is 30.9. The summed E-state index contributed by atoms with van der Waals surface area (Å²) in [6.45, 7) is 4.77. The number of fused-ring (bicyclic) bond motifs is 6. The van der Waals surface area contributed by atoms with Gasteiger partial charge in [0.05, 0.1) is 11.0 Å². The summed E-state index contributed by atoms with van der Waals surface area (Å²) in [4.78, 5) is 0. The maximum Gasteiger partial charge on any atom is 0.0543 e. The lowest BCUT2D eigenvalue weighted by molar-refractivity contribution is 0.721. The van der Waals surface area contributed by atoms with Crippen molar-refractivity contribution in [2.45, 2.75) is 51.4 Å². The number of hydrogen-bond acceptors (Lipinski definition) is 0. The summed E-state index contributed by atoms with van der Waals surface area (Å²) in [5.41, 5.74) is 18.4. The van der Waals surface area contributed by atoms with Crippen LogP contribution >= 0.6 is 0 Å². The molecule has 2 aromatic heterocycles.